The molecule has 20 heavy (non-hydrogen) atoms. The summed E-state index contributed by atoms with van der Waals surface area (Å²) in [6, 6.07) is 3.08. The van der Waals surface area contributed by atoms with Crippen LogP contribution in [0.1, 0.15) is 36.8 Å². The van der Waals surface area contributed by atoms with Crippen molar-refractivity contribution in [2.45, 2.75) is 55.1 Å². The van der Waals surface area contributed by atoms with Gasteiger partial charge in [0.1, 0.15) is 0 Å². The highest BCUT2D eigenvalue weighted by Gasteiger charge is 2.47. The van der Waals surface area contributed by atoms with E-state index in [-0.39, 0.29) is 28.0 Å². The van der Waals surface area contributed by atoms with Gasteiger partial charge in [0, 0.05) is 27.7 Å². The Bertz CT molecular complexity index is 557. The third kappa shape index (κ3) is 2.31. The second kappa shape index (κ2) is 4.88. The number of aryl methyl sites for hydroxylation is 1. The van der Waals surface area contributed by atoms with E-state index in [0.717, 1.165) is 12.8 Å². The van der Waals surface area contributed by atoms with Crippen molar-refractivity contribution in [1.29, 1.82) is 0 Å². The predicted molar refractivity (Wildman–Crippen MR) is 73.9 cm³/mol. The molecule has 0 amide bonds. The van der Waals surface area contributed by atoms with Crippen LogP contribution in [0.3, 0.4) is 0 Å². The fourth-order valence-corrected chi connectivity index (χ4v) is 5.73. The Morgan fingerprint density at radius 2 is 1.85 bits per heavy atom. The molecule has 2 nitrogen and oxygen atoms in total. The van der Waals surface area contributed by atoms with Crippen molar-refractivity contribution in [3.63, 3.8) is 0 Å². The Hall–Kier alpha value is -0.810. The van der Waals surface area contributed by atoms with Crippen LogP contribution in [0.4, 0.5) is 8.78 Å². The topological polar surface area (TPSA) is 37.3 Å². The van der Waals surface area contributed by atoms with Gasteiger partial charge in [-0.1, -0.05) is 12.1 Å². The first-order chi connectivity index (χ1) is 9.39. The molecule has 5 heteroatoms. The van der Waals surface area contributed by atoms with Crippen LogP contribution in [0, 0.1) is 18.6 Å². The number of aliphatic hydroxyl groups is 1. The summed E-state index contributed by atoms with van der Waals surface area (Å²) in [5.41, 5.74) is -0.576. The van der Waals surface area contributed by atoms with Crippen molar-refractivity contribution in [2.75, 3.05) is 0 Å². The summed E-state index contributed by atoms with van der Waals surface area (Å²) in [7, 11) is -0.864. The molecule has 110 valence electrons. The lowest BCUT2D eigenvalue weighted by Gasteiger charge is -2.36. The average Bonchev–Trinajstić information content (AvgIpc) is 2.63. The summed E-state index contributed by atoms with van der Waals surface area (Å²) in [5.74, 6) is -1.70. The Labute approximate surface area is 119 Å². The zero-order chi connectivity index (χ0) is 14.5. The van der Waals surface area contributed by atoms with Crippen LogP contribution < -0.4 is 0 Å². The summed E-state index contributed by atoms with van der Waals surface area (Å²) < 4.78 is 39.5. The van der Waals surface area contributed by atoms with Crippen molar-refractivity contribution in [1.82, 2.24) is 0 Å². The lowest BCUT2D eigenvalue weighted by Crippen LogP contribution is -2.44. The number of fused-ring (bicyclic) bond motifs is 2. The van der Waals surface area contributed by atoms with Crippen LogP contribution >= 0.6 is 0 Å². The molecule has 1 aromatic rings. The zero-order valence-electron chi connectivity index (χ0n) is 11.4. The number of hydrogen-bond donors (Lipinski definition) is 1. The molecule has 2 atom stereocenters. The van der Waals surface area contributed by atoms with Gasteiger partial charge in [0.25, 0.3) is 0 Å². The Balaban J connectivity index is 1.85. The maximum absolute atomic E-state index is 13.9. The van der Waals surface area contributed by atoms with E-state index in [2.05, 4.69) is 0 Å². The van der Waals surface area contributed by atoms with E-state index in [1.165, 1.54) is 13.0 Å². The van der Waals surface area contributed by atoms with Gasteiger partial charge in [-0.3, -0.25) is 4.21 Å². The minimum absolute atomic E-state index is 0.0112. The molecule has 0 spiro atoms. The van der Waals surface area contributed by atoms with Gasteiger partial charge in [-0.05, 0) is 43.7 Å². The van der Waals surface area contributed by atoms with Gasteiger partial charge in [-0.25, -0.2) is 8.78 Å². The van der Waals surface area contributed by atoms with E-state index in [0.29, 0.717) is 12.8 Å². The average molecular weight is 300 g/mol. The minimum atomic E-state index is -1.05. The molecule has 2 heterocycles. The molecule has 0 aliphatic carbocycles. The molecule has 1 aromatic carbocycles. The van der Waals surface area contributed by atoms with Crippen LogP contribution in [0.5, 0.6) is 0 Å². The quantitative estimate of drug-likeness (QED) is 0.911. The molecule has 2 saturated heterocycles. The van der Waals surface area contributed by atoms with E-state index >= 15 is 0 Å². The second-order valence-electron chi connectivity index (χ2n) is 6.13. The molecule has 2 unspecified atom stereocenters. The van der Waals surface area contributed by atoms with E-state index in [1.54, 1.807) is 6.07 Å². The fourth-order valence-electron chi connectivity index (χ4n) is 3.50. The van der Waals surface area contributed by atoms with Gasteiger partial charge in [0.05, 0.1) is 5.60 Å². The SMILES string of the molecule is Cc1ccc(CC2(O)CC3CCC(C2)S3=O)c(F)c1F. The van der Waals surface area contributed by atoms with Gasteiger partial charge in [0.15, 0.2) is 11.6 Å². The van der Waals surface area contributed by atoms with Crippen molar-refractivity contribution in [3.8, 4) is 0 Å². The maximum atomic E-state index is 13.9. The first-order valence-corrected chi connectivity index (χ1v) is 8.22. The normalized spacial score (nSPS) is 36.3. The van der Waals surface area contributed by atoms with Gasteiger partial charge >= 0.3 is 0 Å². The van der Waals surface area contributed by atoms with Gasteiger partial charge < -0.3 is 5.11 Å². The first-order valence-electron chi connectivity index (χ1n) is 6.95. The summed E-state index contributed by atoms with van der Waals surface area (Å²) in [6.07, 6.45) is 2.67. The molecule has 2 aliphatic rings. The van der Waals surface area contributed by atoms with E-state index in [4.69, 9.17) is 0 Å². The maximum Gasteiger partial charge on any atom is 0.162 e. The fraction of sp³-hybridized carbons (Fsp3) is 0.600. The third-order valence-electron chi connectivity index (χ3n) is 4.56. The lowest BCUT2D eigenvalue weighted by molar-refractivity contribution is 0.0221. The molecule has 1 N–H and O–H groups in total. The number of rotatable bonds is 2. The summed E-state index contributed by atoms with van der Waals surface area (Å²) in [4.78, 5) is 0. The van der Waals surface area contributed by atoms with Crippen LogP contribution in [0.15, 0.2) is 12.1 Å². The summed E-state index contributed by atoms with van der Waals surface area (Å²) in [5, 5.41) is 10.7. The zero-order valence-corrected chi connectivity index (χ0v) is 12.2. The molecular weight excluding hydrogens is 282 g/mol. The second-order valence-corrected chi connectivity index (χ2v) is 8.12. The molecule has 0 aromatic heterocycles. The molecule has 3 rings (SSSR count). The van der Waals surface area contributed by atoms with Crippen molar-refractivity contribution in [2.24, 2.45) is 0 Å². The van der Waals surface area contributed by atoms with E-state index in [9.17, 15) is 18.1 Å². The largest absolute Gasteiger partial charge is 0.389 e. The number of benzene rings is 1. The van der Waals surface area contributed by atoms with Crippen molar-refractivity contribution < 1.29 is 18.1 Å². The third-order valence-corrected chi connectivity index (χ3v) is 6.68. The molecular formula is C15H18F2O2S. The lowest BCUT2D eigenvalue weighted by atomic mass is 9.86. The van der Waals surface area contributed by atoms with Gasteiger partial charge in [-0.2, -0.15) is 0 Å². The highest BCUT2D eigenvalue weighted by Crippen LogP contribution is 2.42. The van der Waals surface area contributed by atoms with E-state index in [1.807, 2.05) is 0 Å². The van der Waals surface area contributed by atoms with Crippen LogP contribution in [-0.2, 0) is 17.2 Å². The first kappa shape index (κ1) is 14.1. The highest BCUT2D eigenvalue weighted by molar-refractivity contribution is 7.86. The molecule has 2 fully saturated rings. The molecule has 0 radical (unpaired) electrons. The van der Waals surface area contributed by atoms with Gasteiger partial charge in [-0.15, -0.1) is 0 Å². The summed E-state index contributed by atoms with van der Waals surface area (Å²) in [6.45, 7) is 1.51. The van der Waals surface area contributed by atoms with Crippen LogP contribution in [0.2, 0.25) is 0 Å². The smallest absolute Gasteiger partial charge is 0.162 e. The highest BCUT2D eigenvalue weighted by atomic mass is 32.2. The molecule has 2 aliphatic heterocycles. The van der Waals surface area contributed by atoms with Crippen LogP contribution in [-0.4, -0.2) is 25.4 Å². The predicted octanol–water partition coefficient (Wildman–Crippen LogP) is 2.62. The Kier molecular flexibility index (Phi) is 3.45. The van der Waals surface area contributed by atoms with Crippen molar-refractivity contribution >= 4 is 10.8 Å². The number of halogens is 2. The van der Waals surface area contributed by atoms with Gasteiger partial charge in [0.2, 0.25) is 0 Å². The monoisotopic (exact) mass is 300 g/mol. The standard InChI is InChI=1S/C15H18F2O2S/c1-9-2-3-10(14(17)13(9)16)6-15(18)7-11-4-5-12(8-15)20(11)19/h2-3,11-12,18H,4-8H2,1H3. The Morgan fingerprint density at radius 1 is 1.25 bits per heavy atom. The van der Waals surface area contributed by atoms with Crippen molar-refractivity contribution in [3.05, 3.63) is 34.9 Å². The van der Waals surface area contributed by atoms with Crippen LogP contribution in [0.25, 0.3) is 0 Å². The molecule has 0 saturated carbocycles. The van der Waals surface area contributed by atoms with E-state index < -0.39 is 28.0 Å². The number of hydrogen-bond acceptors (Lipinski definition) is 2. The minimum Gasteiger partial charge on any atom is -0.389 e. The summed E-state index contributed by atoms with van der Waals surface area (Å²) >= 11 is 0. The Morgan fingerprint density at radius 3 is 2.45 bits per heavy atom. The molecule has 2 bridgehead atoms.